The summed E-state index contributed by atoms with van der Waals surface area (Å²) in [5.41, 5.74) is 0. The summed E-state index contributed by atoms with van der Waals surface area (Å²) in [4.78, 5) is 19.4. The predicted octanol–water partition coefficient (Wildman–Crippen LogP) is 3.02. The van der Waals surface area contributed by atoms with Crippen molar-refractivity contribution in [2.75, 3.05) is 18.8 Å². The Hall–Kier alpha value is -1.98. The number of aryl methyl sites for hydroxylation is 1. The molecule has 1 aliphatic heterocycles. The minimum atomic E-state index is -1.37. The van der Waals surface area contributed by atoms with Crippen LogP contribution in [0.2, 0.25) is 5.02 Å². The first kappa shape index (κ1) is 24.7. The van der Waals surface area contributed by atoms with Crippen molar-refractivity contribution in [1.29, 1.82) is 0 Å². The molecule has 3 rings (SSSR count). The van der Waals surface area contributed by atoms with Gasteiger partial charge in [0, 0.05) is 56.1 Å². The topological polar surface area (TPSA) is 102 Å². The maximum atomic E-state index is 13.2. The molecule has 1 N–H and O–H groups in total. The zero-order valence-corrected chi connectivity index (χ0v) is 19.1. The van der Waals surface area contributed by atoms with Crippen molar-refractivity contribution in [3.05, 3.63) is 53.3 Å². The number of amides is 1. The van der Waals surface area contributed by atoms with Crippen molar-refractivity contribution in [3.8, 4) is 5.75 Å². The van der Waals surface area contributed by atoms with Crippen LogP contribution in [-0.4, -0.2) is 66.5 Å². The maximum absolute atomic E-state index is 13.2. The molecule has 1 aromatic heterocycles. The lowest BCUT2D eigenvalue weighted by molar-refractivity contribution is -0.158. The van der Waals surface area contributed by atoms with Crippen LogP contribution in [0.5, 0.6) is 5.75 Å². The highest BCUT2D eigenvalue weighted by molar-refractivity contribution is 7.89. The van der Waals surface area contributed by atoms with Crippen molar-refractivity contribution in [2.45, 2.75) is 44.2 Å². The van der Waals surface area contributed by atoms with Gasteiger partial charge in [0.15, 0.2) is 0 Å². The zero-order chi connectivity index (χ0) is 22.9. The molecule has 1 aromatic carbocycles. The standard InChI is InChI=1S/C21H26ClFN4O4S/c22-19-13-16(23)5-6-20(19)31-18-7-11-26(12-8-18)32(30)14-17(27(29)15-28)3-1-4-21-24-9-2-10-25-21/h2,5-6,9-10,13,15,17-18,29H,1,3-4,7-8,11-12,14H2. The highest BCUT2D eigenvalue weighted by atomic mass is 35.5. The number of benzene rings is 1. The van der Waals surface area contributed by atoms with E-state index in [-0.39, 0.29) is 16.9 Å². The number of carbonyl (C=O) groups excluding carboxylic acids is 1. The summed E-state index contributed by atoms with van der Waals surface area (Å²) in [6, 6.07) is 5.17. The van der Waals surface area contributed by atoms with Crippen LogP contribution in [-0.2, 0) is 22.6 Å². The monoisotopic (exact) mass is 484 g/mol. The zero-order valence-electron chi connectivity index (χ0n) is 17.5. The van der Waals surface area contributed by atoms with Gasteiger partial charge in [-0.05, 0) is 37.1 Å². The van der Waals surface area contributed by atoms with Crippen LogP contribution >= 0.6 is 11.6 Å². The number of hydrogen-bond acceptors (Lipinski definition) is 7. The highest BCUT2D eigenvalue weighted by Crippen LogP contribution is 2.28. The summed E-state index contributed by atoms with van der Waals surface area (Å²) >= 11 is 4.66. The van der Waals surface area contributed by atoms with Crippen molar-refractivity contribution >= 4 is 29.4 Å². The predicted molar refractivity (Wildman–Crippen MR) is 118 cm³/mol. The number of nitrogens with zero attached hydrogens (tertiary/aromatic N) is 4. The van der Waals surface area contributed by atoms with E-state index in [1.54, 1.807) is 18.5 Å². The molecule has 0 spiro atoms. The molecule has 2 aromatic rings. The Labute approximate surface area is 194 Å². The van der Waals surface area contributed by atoms with E-state index in [0.717, 1.165) is 0 Å². The van der Waals surface area contributed by atoms with Crippen LogP contribution in [0.15, 0.2) is 36.7 Å². The van der Waals surface area contributed by atoms with Crippen molar-refractivity contribution < 1.29 is 23.7 Å². The smallest absolute Gasteiger partial charge is 0.233 e. The Bertz CT molecular complexity index is 861. The Morgan fingerprint density at radius 2 is 2.09 bits per heavy atom. The first-order chi connectivity index (χ1) is 15.5. The molecule has 11 heteroatoms. The summed E-state index contributed by atoms with van der Waals surface area (Å²) in [6.07, 6.45) is 6.53. The Balaban J connectivity index is 1.46. The average Bonchev–Trinajstić information content (AvgIpc) is 2.80. The third kappa shape index (κ3) is 7.28. The molecule has 2 unspecified atom stereocenters. The molecule has 1 saturated heterocycles. The lowest BCUT2D eigenvalue weighted by Crippen LogP contribution is -2.47. The van der Waals surface area contributed by atoms with Crippen LogP contribution in [0.4, 0.5) is 4.39 Å². The molecule has 1 amide bonds. The number of ether oxygens (including phenoxy) is 1. The lowest BCUT2D eigenvalue weighted by Gasteiger charge is -2.34. The number of rotatable bonds is 11. The number of hydroxylamine groups is 2. The fourth-order valence-corrected chi connectivity index (χ4v) is 5.20. The van der Waals surface area contributed by atoms with Crippen LogP contribution in [0.25, 0.3) is 0 Å². The molecule has 8 nitrogen and oxygen atoms in total. The fourth-order valence-electron chi connectivity index (χ4n) is 3.51. The maximum Gasteiger partial charge on any atom is 0.233 e. The summed E-state index contributed by atoms with van der Waals surface area (Å²) in [7, 11) is 0. The van der Waals surface area contributed by atoms with E-state index < -0.39 is 23.2 Å². The molecule has 1 fully saturated rings. The molecule has 0 aliphatic carbocycles. The molecule has 0 bridgehead atoms. The molecule has 0 radical (unpaired) electrons. The van der Waals surface area contributed by atoms with Crippen molar-refractivity contribution in [2.24, 2.45) is 0 Å². The van der Waals surface area contributed by atoms with Gasteiger partial charge in [0.1, 0.15) is 35.3 Å². The lowest BCUT2D eigenvalue weighted by atomic mass is 10.1. The Kier molecular flexibility index (Phi) is 9.49. The second kappa shape index (κ2) is 12.3. The Morgan fingerprint density at radius 1 is 1.38 bits per heavy atom. The number of aromatic nitrogens is 2. The highest BCUT2D eigenvalue weighted by Gasteiger charge is 2.31. The van der Waals surface area contributed by atoms with Gasteiger partial charge < -0.3 is 9.29 Å². The fraction of sp³-hybridized carbons (Fsp3) is 0.476. The van der Waals surface area contributed by atoms with Gasteiger partial charge >= 0.3 is 0 Å². The minimum Gasteiger partial charge on any atom is -0.598 e. The van der Waals surface area contributed by atoms with Crippen LogP contribution in [0.1, 0.15) is 31.5 Å². The van der Waals surface area contributed by atoms with Gasteiger partial charge in [-0.25, -0.2) is 19.4 Å². The van der Waals surface area contributed by atoms with E-state index >= 15 is 0 Å². The molecule has 174 valence electrons. The minimum absolute atomic E-state index is 0.114. The van der Waals surface area contributed by atoms with E-state index in [0.29, 0.717) is 68.2 Å². The van der Waals surface area contributed by atoms with Crippen molar-refractivity contribution in [1.82, 2.24) is 19.3 Å². The summed E-state index contributed by atoms with van der Waals surface area (Å²) in [5.74, 6) is 0.829. The van der Waals surface area contributed by atoms with E-state index in [4.69, 9.17) is 16.3 Å². The summed E-state index contributed by atoms with van der Waals surface area (Å²) in [6.45, 7) is 1.07. The second-order valence-corrected chi connectivity index (χ2v) is 9.41. The number of piperidine rings is 1. The molecule has 2 heterocycles. The molecule has 2 atom stereocenters. The first-order valence-corrected chi connectivity index (χ1v) is 12.0. The van der Waals surface area contributed by atoms with Gasteiger partial charge in [0.25, 0.3) is 0 Å². The van der Waals surface area contributed by atoms with Gasteiger partial charge in [0.05, 0.1) is 5.02 Å². The van der Waals surface area contributed by atoms with Gasteiger partial charge in [-0.15, -0.1) is 4.31 Å². The largest absolute Gasteiger partial charge is 0.598 e. The van der Waals surface area contributed by atoms with Gasteiger partial charge in [-0.3, -0.25) is 10.0 Å². The normalized spacial score (nSPS) is 17.0. The summed E-state index contributed by atoms with van der Waals surface area (Å²) < 4.78 is 33.7. The molecule has 1 aliphatic rings. The quantitative estimate of drug-likeness (QED) is 0.226. The van der Waals surface area contributed by atoms with E-state index in [1.165, 1.54) is 18.2 Å². The molecular weight excluding hydrogens is 459 g/mol. The van der Waals surface area contributed by atoms with E-state index in [9.17, 15) is 18.9 Å². The molecular formula is C21H26ClFN4O4S. The van der Waals surface area contributed by atoms with Crippen molar-refractivity contribution in [3.63, 3.8) is 0 Å². The summed E-state index contributed by atoms with van der Waals surface area (Å²) in [5, 5.41) is 10.7. The van der Waals surface area contributed by atoms with Gasteiger partial charge in [-0.1, -0.05) is 11.6 Å². The first-order valence-electron chi connectivity index (χ1n) is 10.4. The van der Waals surface area contributed by atoms with E-state index in [1.807, 2.05) is 4.31 Å². The van der Waals surface area contributed by atoms with Crippen LogP contribution in [0.3, 0.4) is 0 Å². The number of halogens is 2. The third-order valence-electron chi connectivity index (χ3n) is 5.25. The van der Waals surface area contributed by atoms with Crippen LogP contribution in [0, 0.1) is 5.82 Å². The number of hydrogen-bond donors (Lipinski definition) is 1. The van der Waals surface area contributed by atoms with Crippen LogP contribution < -0.4 is 4.74 Å². The molecule has 32 heavy (non-hydrogen) atoms. The second-order valence-electron chi connectivity index (χ2n) is 7.51. The Morgan fingerprint density at radius 3 is 2.75 bits per heavy atom. The van der Waals surface area contributed by atoms with Gasteiger partial charge in [-0.2, -0.15) is 0 Å². The number of carbonyl (C=O) groups is 1. The van der Waals surface area contributed by atoms with E-state index in [2.05, 4.69) is 9.97 Å². The van der Waals surface area contributed by atoms with Gasteiger partial charge in [0.2, 0.25) is 6.41 Å². The molecule has 0 saturated carbocycles. The SMILES string of the molecule is O=CN(O)C(CCCc1ncccn1)C[S+]([O-])N1CCC(Oc2ccc(F)cc2Cl)CC1. The third-order valence-corrected chi connectivity index (χ3v) is 7.16. The average molecular weight is 485 g/mol.